The van der Waals surface area contributed by atoms with Crippen LogP contribution in [0.25, 0.3) is 0 Å². The molecule has 0 bridgehead atoms. The van der Waals surface area contributed by atoms with Gasteiger partial charge in [0.25, 0.3) is 0 Å². The summed E-state index contributed by atoms with van der Waals surface area (Å²) in [7, 11) is 0. The lowest BCUT2D eigenvalue weighted by atomic mass is 10.1. The number of anilines is 1. The molecule has 0 saturated heterocycles. The van der Waals surface area contributed by atoms with Crippen molar-refractivity contribution in [2.45, 2.75) is 19.8 Å². The van der Waals surface area contributed by atoms with Crippen molar-refractivity contribution in [1.82, 2.24) is 0 Å². The van der Waals surface area contributed by atoms with Gasteiger partial charge in [-0.1, -0.05) is 15.9 Å². The Labute approximate surface area is 103 Å². The highest BCUT2D eigenvalue weighted by atomic mass is 79.9. The van der Waals surface area contributed by atoms with Gasteiger partial charge in [0.1, 0.15) is 0 Å². The first kappa shape index (κ1) is 11.5. The highest BCUT2D eigenvalue weighted by Gasteiger charge is 2.24. The fourth-order valence-corrected chi connectivity index (χ4v) is 1.94. The van der Waals surface area contributed by atoms with Crippen LogP contribution in [0.1, 0.15) is 28.8 Å². The Bertz CT molecular complexity index is 427. The van der Waals surface area contributed by atoms with Gasteiger partial charge in [0.15, 0.2) is 0 Å². The smallest absolute Gasteiger partial charge is 0.338 e. The standard InChI is InChI=1S/C12H14BrNO2/c1-7-10(4-9(13)5-11(7)14)12(15)16-6-8-2-3-8/h4-5,8H,2-3,6,14H2,1H3. The fourth-order valence-electron chi connectivity index (χ4n) is 1.47. The number of benzene rings is 1. The normalized spacial score (nSPS) is 14.9. The first-order valence-electron chi connectivity index (χ1n) is 5.30. The number of carbonyl (C=O) groups is 1. The number of halogens is 1. The molecular formula is C12H14BrNO2. The quantitative estimate of drug-likeness (QED) is 0.686. The van der Waals surface area contributed by atoms with Gasteiger partial charge in [0.05, 0.1) is 12.2 Å². The van der Waals surface area contributed by atoms with E-state index < -0.39 is 0 Å². The maximum Gasteiger partial charge on any atom is 0.338 e. The van der Waals surface area contributed by atoms with Gasteiger partial charge in [-0.15, -0.1) is 0 Å². The Morgan fingerprint density at radius 2 is 2.25 bits per heavy atom. The molecule has 0 atom stereocenters. The van der Waals surface area contributed by atoms with E-state index in [4.69, 9.17) is 10.5 Å². The highest BCUT2D eigenvalue weighted by molar-refractivity contribution is 9.10. The number of nitrogens with two attached hydrogens (primary N) is 1. The Morgan fingerprint density at radius 3 is 2.88 bits per heavy atom. The zero-order valence-corrected chi connectivity index (χ0v) is 10.7. The van der Waals surface area contributed by atoms with Crippen LogP contribution >= 0.6 is 15.9 Å². The summed E-state index contributed by atoms with van der Waals surface area (Å²) >= 11 is 3.32. The van der Waals surface area contributed by atoms with Crippen molar-refractivity contribution in [1.29, 1.82) is 0 Å². The summed E-state index contributed by atoms with van der Waals surface area (Å²) in [6, 6.07) is 3.54. The molecule has 0 aliphatic heterocycles. The summed E-state index contributed by atoms with van der Waals surface area (Å²) in [6.45, 7) is 2.36. The molecule has 2 rings (SSSR count). The molecule has 1 fully saturated rings. The van der Waals surface area contributed by atoms with E-state index in [1.54, 1.807) is 12.1 Å². The molecule has 1 saturated carbocycles. The second kappa shape index (κ2) is 4.45. The molecule has 1 aromatic rings. The van der Waals surface area contributed by atoms with Crippen LogP contribution < -0.4 is 5.73 Å². The largest absolute Gasteiger partial charge is 0.462 e. The lowest BCUT2D eigenvalue weighted by Crippen LogP contribution is -2.10. The van der Waals surface area contributed by atoms with E-state index in [0.29, 0.717) is 23.8 Å². The fraction of sp³-hybridized carbons (Fsp3) is 0.417. The van der Waals surface area contributed by atoms with Crippen molar-refractivity contribution in [3.05, 3.63) is 27.7 Å². The summed E-state index contributed by atoms with van der Waals surface area (Å²) in [5.74, 6) is 0.297. The lowest BCUT2D eigenvalue weighted by molar-refractivity contribution is 0.0485. The molecule has 16 heavy (non-hydrogen) atoms. The zero-order chi connectivity index (χ0) is 11.7. The Hall–Kier alpha value is -1.03. The summed E-state index contributed by atoms with van der Waals surface area (Å²) in [6.07, 6.45) is 2.35. The van der Waals surface area contributed by atoms with Crippen LogP contribution in [0.15, 0.2) is 16.6 Å². The minimum Gasteiger partial charge on any atom is -0.462 e. The van der Waals surface area contributed by atoms with Gasteiger partial charge in [-0.2, -0.15) is 0 Å². The average Bonchev–Trinajstić information content (AvgIpc) is 3.03. The summed E-state index contributed by atoms with van der Waals surface area (Å²) in [5.41, 5.74) is 7.72. The molecule has 0 radical (unpaired) electrons. The van der Waals surface area contributed by atoms with E-state index in [9.17, 15) is 4.79 Å². The van der Waals surface area contributed by atoms with E-state index in [1.807, 2.05) is 6.92 Å². The van der Waals surface area contributed by atoms with E-state index >= 15 is 0 Å². The van der Waals surface area contributed by atoms with Gasteiger partial charge in [-0.25, -0.2) is 4.79 Å². The number of carbonyl (C=O) groups excluding carboxylic acids is 1. The van der Waals surface area contributed by atoms with Crippen LogP contribution in [-0.4, -0.2) is 12.6 Å². The van der Waals surface area contributed by atoms with Crippen molar-refractivity contribution in [2.75, 3.05) is 12.3 Å². The third-order valence-corrected chi connectivity index (χ3v) is 3.24. The van der Waals surface area contributed by atoms with Gasteiger partial charge in [0, 0.05) is 10.2 Å². The minimum absolute atomic E-state index is 0.280. The first-order valence-corrected chi connectivity index (χ1v) is 6.10. The maximum atomic E-state index is 11.8. The van der Waals surface area contributed by atoms with Crippen molar-refractivity contribution in [3.63, 3.8) is 0 Å². The van der Waals surface area contributed by atoms with Crippen molar-refractivity contribution in [3.8, 4) is 0 Å². The Balaban J connectivity index is 2.14. The van der Waals surface area contributed by atoms with E-state index in [-0.39, 0.29) is 5.97 Å². The highest BCUT2D eigenvalue weighted by Crippen LogP contribution is 2.29. The van der Waals surface area contributed by atoms with Crippen LogP contribution in [0.3, 0.4) is 0 Å². The molecule has 3 nitrogen and oxygen atoms in total. The zero-order valence-electron chi connectivity index (χ0n) is 9.13. The van der Waals surface area contributed by atoms with Crippen LogP contribution in [0.4, 0.5) is 5.69 Å². The number of ether oxygens (including phenoxy) is 1. The van der Waals surface area contributed by atoms with Crippen LogP contribution in [0, 0.1) is 12.8 Å². The predicted molar refractivity (Wildman–Crippen MR) is 66.3 cm³/mol. The molecular weight excluding hydrogens is 270 g/mol. The van der Waals surface area contributed by atoms with Gasteiger partial charge in [0.2, 0.25) is 0 Å². The summed E-state index contributed by atoms with van der Waals surface area (Å²) in [4.78, 5) is 11.8. The molecule has 0 aromatic heterocycles. The number of hydrogen-bond donors (Lipinski definition) is 1. The average molecular weight is 284 g/mol. The maximum absolute atomic E-state index is 11.8. The molecule has 4 heteroatoms. The molecule has 0 heterocycles. The first-order chi connectivity index (χ1) is 7.58. The molecule has 2 N–H and O–H groups in total. The monoisotopic (exact) mass is 283 g/mol. The van der Waals surface area contributed by atoms with E-state index in [0.717, 1.165) is 10.0 Å². The number of rotatable bonds is 3. The van der Waals surface area contributed by atoms with Crippen LogP contribution in [-0.2, 0) is 4.74 Å². The molecule has 0 spiro atoms. The predicted octanol–water partition coefficient (Wildman–Crippen LogP) is 2.91. The second-order valence-corrected chi connectivity index (χ2v) is 5.13. The summed E-state index contributed by atoms with van der Waals surface area (Å²) in [5, 5.41) is 0. The summed E-state index contributed by atoms with van der Waals surface area (Å²) < 4.78 is 6.03. The van der Waals surface area contributed by atoms with Gasteiger partial charge in [-0.3, -0.25) is 0 Å². The third-order valence-electron chi connectivity index (χ3n) is 2.78. The molecule has 0 amide bonds. The lowest BCUT2D eigenvalue weighted by Gasteiger charge is -2.09. The van der Waals surface area contributed by atoms with Crippen molar-refractivity contribution in [2.24, 2.45) is 5.92 Å². The minimum atomic E-state index is -0.280. The van der Waals surface area contributed by atoms with Crippen molar-refractivity contribution < 1.29 is 9.53 Å². The number of nitrogen functional groups attached to an aromatic ring is 1. The number of hydrogen-bond acceptors (Lipinski definition) is 3. The topological polar surface area (TPSA) is 52.3 Å². The van der Waals surface area contributed by atoms with Gasteiger partial charge >= 0.3 is 5.97 Å². The van der Waals surface area contributed by atoms with E-state index in [2.05, 4.69) is 15.9 Å². The SMILES string of the molecule is Cc1c(N)cc(Br)cc1C(=O)OCC1CC1. The number of esters is 1. The van der Waals surface area contributed by atoms with Crippen LogP contribution in [0.2, 0.25) is 0 Å². The molecule has 0 unspecified atom stereocenters. The van der Waals surface area contributed by atoms with Crippen molar-refractivity contribution >= 4 is 27.6 Å². The Morgan fingerprint density at radius 1 is 1.56 bits per heavy atom. The van der Waals surface area contributed by atoms with Gasteiger partial charge < -0.3 is 10.5 Å². The molecule has 1 aromatic carbocycles. The van der Waals surface area contributed by atoms with Crippen LogP contribution in [0.5, 0.6) is 0 Å². The molecule has 86 valence electrons. The second-order valence-electron chi connectivity index (χ2n) is 4.21. The molecule has 1 aliphatic carbocycles. The van der Waals surface area contributed by atoms with E-state index in [1.165, 1.54) is 12.8 Å². The van der Waals surface area contributed by atoms with Gasteiger partial charge in [-0.05, 0) is 43.4 Å². The third kappa shape index (κ3) is 2.55. The molecule has 1 aliphatic rings. The Kier molecular flexibility index (Phi) is 3.19.